The van der Waals surface area contributed by atoms with Crippen LogP contribution in [0.2, 0.25) is 0 Å². The van der Waals surface area contributed by atoms with E-state index in [4.69, 9.17) is 0 Å². The monoisotopic (exact) mass is 384 g/mol. The van der Waals surface area contributed by atoms with Gasteiger partial charge in [0.05, 0.1) is 17.6 Å². The summed E-state index contributed by atoms with van der Waals surface area (Å²) in [7, 11) is 1.46. The van der Waals surface area contributed by atoms with E-state index >= 15 is 0 Å². The summed E-state index contributed by atoms with van der Waals surface area (Å²) in [5.41, 5.74) is -0.567. The highest BCUT2D eigenvalue weighted by Gasteiger charge is 2.40. The molecule has 1 aliphatic rings. The van der Waals surface area contributed by atoms with Gasteiger partial charge in [-0.3, -0.25) is 4.79 Å². The van der Waals surface area contributed by atoms with Gasteiger partial charge in [0.25, 0.3) is 0 Å². The van der Waals surface area contributed by atoms with Crippen LogP contribution < -0.4 is 10.6 Å². The lowest BCUT2D eigenvalue weighted by Crippen LogP contribution is -2.56. The maximum Gasteiger partial charge on any atom is 0.225 e. The lowest BCUT2D eigenvalue weighted by atomic mass is 9.78. The van der Waals surface area contributed by atoms with Crippen molar-refractivity contribution >= 4 is 5.91 Å². The summed E-state index contributed by atoms with van der Waals surface area (Å²) in [5.74, 6) is -2.74. The zero-order valence-electron chi connectivity index (χ0n) is 16.0. The van der Waals surface area contributed by atoms with Crippen LogP contribution in [0.4, 0.5) is 8.78 Å². The van der Waals surface area contributed by atoms with Crippen molar-refractivity contribution in [1.82, 2.24) is 10.6 Å². The first-order valence-corrected chi connectivity index (χ1v) is 9.58. The van der Waals surface area contributed by atoms with Crippen molar-refractivity contribution in [2.75, 3.05) is 13.6 Å². The van der Waals surface area contributed by atoms with Crippen LogP contribution in [0.3, 0.4) is 0 Å². The highest BCUT2D eigenvalue weighted by molar-refractivity contribution is 5.79. The number of unbranched alkanes of at least 4 members (excludes halogenated alkanes) is 1. The van der Waals surface area contributed by atoms with E-state index < -0.39 is 41.2 Å². The first-order chi connectivity index (χ1) is 12.8. The molecule has 7 heteroatoms. The molecule has 1 fully saturated rings. The fraction of sp³-hybridized carbons (Fsp3) is 0.650. The molecular formula is C20H30F2N2O3. The molecule has 0 bridgehead atoms. The Bertz CT molecular complexity index is 623. The molecule has 0 aliphatic carbocycles. The Morgan fingerprint density at radius 2 is 2.04 bits per heavy atom. The molecule has 1 aromatic rings. The van der Waals surface area contributed by atoms with E-state index in [9.17, 15) is 23.8 Å². The highest BCUT2D eigenvalue weighted by atomic mass is 19.1. The molecule has 5 nitrogen and oxygen atoms in total. The minimum absolute atomic E-state index is 0.00108. The number of carbonyl (C=O) groups is 1. The van der Waals surface area contributed by atoms with E-state index in [2.05, 4.69) is 17.6 Å². The van der Waals surface area contributed by atoms with Gasteiger partial charge in [-0.25, -0.2) is 8.78 Å². The molecule has 1 heterocycles. The van der Waals surface area contributed by atoms with Gasteiger partial charge >= 0.3 is 0 Å². The molecular weight excluding hydrogens is 354 g/mol. The summed E-state index contributed by atoms with van der Waals surface area (Å²) in [4.78, 5) is 12.4. The van der Waals surface area contributed by atoms with E-state index in [1.807, 2.05) is 0 Å². The Morgan fingerprint density at radius 1 is 1.37 bits per heavy atom. The fourth-order valence-corrected chi connectivity index (χ4v) is 3.87. The number of aliphatic hydroxyl groups is 2. The molecule has 4 atom stereocenters. The van der Waals surface area contributed by atoms with Crippen LogP contribution in [0.25, 0.3) is 0 Å². The smallest absolute Gasteiger partial charge is 0.225 e. The molecule has 152 valence electrons. The summed E-state index contributed by atoms with van der Waals surface area (Å²) in [6, 6.07) is 2.63. The molecule has 0 saturated carbocycles. The van der Waals surface area contributed by atoms with Gasteiger partial charge in [-0.1, -0.05) is 19.8 Å². The number of piperidine rings is 1. The quantitative estimate of drug-likeness (QED) is 0.552. The number of hydrogen-bond donors (Lipinski definition) is 4. The number of hydrogen-bond acceptors (Lipinski definition) is 4. The van der Waals surface area contributed by atoms with Crippen molar-refractivity contribution in [3.8, 4) is 0 Å². The largest absolute Gasteiger partial charge is 0.391 e. The third kappa shape index (κ3) is 5.96. The van der Waals surface area contributed by atoms with E-state index in [-0.39, 0.29) is 6.42 Å². The van der Waals surface area contributed by atoms with Crippen molar-refractivity contribution in [1.29, 1.82) is 0 Å². The number of benzene rings is 1. The standard InChI is InChI=1S/C20H30F2N2O3/c1-3-4-5-20(27)6-7-24-17(12-20)18(25)16(19(26)23-2)10-13-8-14(21)11-15(22)9-13/h8-9,11,16-18,24-25,27H,3-7,10,12H2,1-2H3,(H,23,26). The number of rotatable bonds is 8. The predicted molar refractivity (Wildman–Crippen MR) is 99.1 cm³/mol. The highest BCUT2D eigenvalue weighted by Crippen LogP contribution is 2.30. The molecule has 2 rings (SSSR count). The Balaban J connectivity index is 2.16. The average molecular weight is 384 g/mol. The number of carbonyl (C=O) groups excluding carboxylic acids is 1. The molecule has 1 amide bonds. The maximum absolute atomic E-state index is 13.5. The molecule has 1 aliphatic heterocycles. The second-order valence-electron chi connectivity index (χ2n) is 7.54. The Morgan fingerprint density at radius 3 is 2.63 bits per heavy atom. The van der Waals surface area contributed by atoms with Crippen LogP contribution in [0.15, 0.2) is 18.2 Å². The zero-order valence-corrected chi connectivity index (χ0v) is 16.0. The lowest BCUT2D eigenvalue weighted by Gasteiger charge is -2.41. The van der Waals surface area contributed by atoms with Crippen LogP contribution in [0, 0.1) is 17.6 Å². The summed E-state index contributed by atoms with van der Waals surface area (Å²) in [6.07, 6.45) is 2.34. The Hall–Kier alpha value is -1.57. The summed E-state index contributed by atoms with van der Waals surface area (Å²) >= 11 is 0. The van der Waals surface area contributed by atoms with E-state index in [0.29, 0.717) is 31.4 Å². The van der Waals surface area contributed by atoms with Gasteiger partial charge in [0.1, 0.15) is 11.6 Å². The average Bonchev–Trinajstić information content (AvgIpc) is 2.62. The van der Waals surface area contributed by atoms with Gasteiger partial charge in [-0.05, 0) is 49.9 Å². The molecule has 0 radical (unpaired) electrons. The van der Waals surface area contributed by atoms with E-state index in [0.717, 1.165) is 31.0 Å². The van der Waals surface area contributed by atoms with E-state index in [1.54, 1.807) is 0 Å². The Labute approximate surface area is 159 Å². The third-order valence-corrected chi connectivity index (χ3v) is 5.38. The maximum atomic E-state index is 13.5. The number of amides is 1. The molecule has 0 aromatic heterocycles. The third-order valence-electron chi connectivity index (χ3n) is 5.38. The first-order valence-electron chi connectivity index (χ1n) is 9.58. The second kappa shape index (κ2) is 9.57. The molecule has 0 spiro atoms. The molecule has 4 unspecified atom stereocenters. The van der Waals surface area contributed by atoms with Crippen LogP contribution in [0.5, 0.6) is 0 Å². The van der Waals surface area contributed by atoms with Gasteiger partial charge in [-0.15, -0.1) is 0 Å². The van der Waals surface area contributed by atoms with Crippen LogP contribution in [-0.4, -0.2) is 47.5 Å². The van der Waals surface area contributed by atoms with Crippen molar-refractivity contribution < 1.29 is 23.8 Å². The van der Waals surface area contributed by atoms with Crippen LogP contribution in [-0.2, 0) is 11.2 Å². The lowest BCUT2D eigenvalue weighted by molar-refractivity contribution is -0.130. The number of nitrogens with one attached hydrogen (secondary N) is 2. The first kappa shape index (κ1) is 21.7. The molecule has 4 N–H and O–H groups in total. The van der Waals surface area contributed by atoms with Gasteiger partial charge in [0, 0.05) is 19.2 Å². The SMILES string of the molecule is CCCCC1(O)CCNC(C(O)C(Cc2cc(F)cc(F)c2)C(=O)NC)C1. The topological polar surface area (TPSA) is 81.6 Å². The summed E-state index contributed by atoms with van der Waals surface area (Å²) < 4.78 is 27.0. The zero-order chi connectivity index (χ0) is 20.0. The normalized spacial score (nSPS) is 25.0. The van der Waals surface area contributed by atoms with Gasteiger partial charge in [0.15, 0.2) is 0 Å². The molecule has 27 heavy (non-hydrogen) atoms. The predicted octanol–water partition coefficient (Wildman–Crippen LogP) is 1.90. The van der Waals surface area contributed by atoms with Gasteiger partial charge in [-0.2, -0.15) is 0 Å². The van der Waals surface area contributed by atoms with Crippen molar-refractivity contribution in [2.24, 2.45) is 5.92 Å². The van der Waals surface area contributed by atoms with Gasteiger partial charge in [0.2, 0.25) is 5.91 Å². The van der Waals surface area contributed by atoms with Crippen molar-refractivity contribution in [3.63, 3.8) is 0 Å². The van der Waals surface area contributed by atoms with Crippen LogP contribution >= 0.6 is 0 Å². The van der Waals surface area contributed by atoms with Gasteiger partial charge < -0.3 is 20.8 Å². The summed E-state index contributed by atoms with van der Waals surface area (Å²) in [6.45, 7) is 2.59. The minimum atomic E-state index is -1.09. The number of aliphatic hydroxyl groups excluding tert-OH is 1. The minimum Gasteiger partial charge on any atom is -0.391 e. The molecule has 1 aromatic carbocycles. The number of halogens is 2. The fourth-order valence-electron chi connectivity index (χ4n) is 3.87. The molecule has 1 saturated heterocycles. The Kier molecular flexibility index (Phi) is 7.70. The second-order valence-corrected chi connectivity index (χ2v) is 7.54. The van der Waals surface area contributed by atoms with Crippen LogP contribution in [0.1, 0.15) is 44.6 Å². The summed E-state index contributed by atoms with van der Waals surface area (Å²) in [5, 5.41) is 27.4. The van der Waals surface area contributed by atoms with Crippen molar-refractivity contribution in [2.45, 2.75) is 63.2 Å². The van der Waals surface area contributed by atoms with Crippen molar-refractivity contribution in [3.05, 3.63) is 35.4 Å². The van der Waals surface area contributed by atoms with E-state index in [1.165, 1.54) is 7.05 Å².